The van der Waals surface area contributed by atoms with Gasteiger partial charge in [0.05, 0.1) is 5.56 Å². The van der Waals surface area contributed by atoms with E-state index in [1.807, 2.05) is 48.2 Å². The Kier molecular flexibility index (Phi) is 5.46. The summed E-state index contributed by atoms with van der Waals surface area (Å²) in [6.45, 7) is 9.29. The first-order chi connectivity index (χ1) is 10.5. The number of benzene rings is 1. The molecular weight excluding hydrogens is 274 g/mol. The lowest BCUT2D eigenvalue weighted by molar-refractivity contribution is 0.0372. The summed E-state index contributed by atoms with van der Waals surface area (Å²) in [5.41, 5.74) is 1.80. The number of carbonyl (C=O) groups excluding carboxylic acids is 1. The number of amides is 1. The summed E-state index contributed by atoms with van der Waals surface area (Å²) in [5, 5.41) is 0. The highest BCUT2D eigenvalue weighted by Gasteiger charge is 2.30. The Bertz CT molecular complexity index is 513. The van der Waals surface area contributed by atoms with Gasteiger partial charge in [-0.25, -0.2) is 0 Å². The number of nitrogens with zero attached hydrogens (tertiary/aromatic N) is 3. The van der Waals surface area contributed by atoms with Crippen LogP contribution in [0.5, 0.6) is 0 Å². The minimum atomic E-state index is 0.158. The van der Waals surface area contributed by atoms with Gasteiger partial charge in [0.25, 0.3) is 5.91 Å². The van der Waals surface area contributed by atoms with E-state index in [0.717, 1.165) is 37.3 Å². The van der Waals surface area contributed by atoms with Gasteiger partial charge in [0.1, 0.15) is 0 Å². The molecule has 0 bridgehead atoms. The quantitative estimate of drug-likeness (QED) is 0.855. The fourth-order valence-electron chi connectivity index (χ4n) is 3.31. The normalized spacial score (nSPS) is 19.5. The molecule has 1 aliphatic rings. The third kappa shape index (κ3) is 3.43. The largest absolute Gasteiger partial charge is 0.377 e. The number of rotatable bonds is 4. The predicted molar refractivity (Wildman–Crippen MR) is 92.6 cm³/mol. The van der Waals surface area contributed by atoms with E-state index in [0.29, 0.717) is 12.1 Å². The number of carbonyl (C=O) groups is 1. The molecule has 1 fully saturated rings. The Morgan fingerprint density at radius 2 is 1.95 bits per heavy atom. The van der Waals surface area contributed by atoms with E-state index < -0.39 is 0 Å². The van der Waals surface area contributed by atoms with Crippen LogP contribution in [0.15, 0.2) is 24.3 Å². The Hall–Kier alpha value is -1.55. The van der Waals surface area contributed by atoms with Gasteiger partial charge in [0.15, 0.2) is 0 Å². The van der Waals surface area contributed by atoms with E-state index in [1.165, 1.54) is 0 Å². The van der Waals surface area contributed by atoms with Gasteiger partial charge in [0, 0.05) is 51.5 Å². The fraction of sp³-hybridized carbons (Fsp3) is 0.611. The highest BCUT2D eigenvalue weighted by Crippen LogP contribution is 2.23. The summed E-state index contributed by atoms with van der Waals surface area (Å²) < 4.78 is 0. The van der Waals surface area contributed by atoms with Crippen molar-refractivity contribution in [3.05, 3.63) is 29.8 Å². The molecule has 2 rings (SSSR count). The Morgan fingerprint density at radius 3 is 2.55 bits per heavy atom. The summed E-state index contributed by atoms with van der Waals surface area (Å²) >= 11 is 0. The van der Waals surface area contributed by atoms with Crippen LogP contribution in [0.2, 0.25) is 0 Å². The fourth-order valence-corrected chi connectivity index (χ4v) is 3.31. The molecule has 1 aliphatic heterocycles. The molecular formula is C18H29N3O. The average Bonchev–Trinajstić information content (AvgIpc) is 2.53. The van der Waals surface area contributed by atoms with Crippen molar-refractivity contribution in [2.45, 2.75) is 39.3 Å². The first kappa shape index (κ1) is 16.8. The summed E-state index contributed by atoms with van der Waals surface area (Å²) in [7, 11) is 3.97. The zero-order valence-electron chi connectivity index (χ0n) is 14.5. The van der Waals surface area contributed by atoms with Crippen LogP contribution < -0.4 is 4.90 Å². The van der Waals surface area contributed by atoms with E-state index >= 15 is 0 Å². The van der Waals surface area contributed by atoms with Crippen molar-refractivity contribution in [2.24, 2.45) is 0 Å². The van der Waals surface area contributed by atoms with Crippen molar-refractivity contribution in [1.29, 1.82) is 0 Å². The van der Waals surface area contributed by atoms with Crippen LogP contribution in [0.3, 0.4) is 0 Å². The van der Waals surface area contributed by atoms with E-state index in [4.69, 9.17) is 0 Å². The maximum atomic E-state index is 12.9. The van der Waals surface area contributed by atoms with Gasteiger partial charge in [-0.1, -0.05) is 19.1 Å². The number of hydrogen-bond acceptors (Lipinski definition) is 3. The van der Waals surface area contributed by atoms with Crippen LogP contribution in [0.4, 0.5) is 5.69 Å². The second kappa shape index (κ2) is 7.14. The lowest BCUT2D eigenvalue weighted by atomic mass is 10.0. The molecule has 0 aromatic heterocycles. The molecule has 0 aliphatic carbocycles. The molecule has 122 valence electrons. The van der Waals surface area contributed by atoms with Crippen molar-refractivity contribution in [1.82, 2.24) is 9.80 Å². The SMILES string of the molecule is CCC1CN(C(=O)c2ccccc2N(C)C)CCN1C(C)C. The molecule has 1 aromatic rings. The van der Waals surface area contributed by atoms with E-state index in [9.17, 15) is 4.79 Å². The van der Waals surface area contributed by atoms with Crippen LogP contribution >= 0.6 is 0 Å². The summed E-state index contributed by atoms with van der Waals surface area (Å²) in [6.07, 6.45) is 1.08. The Labute approximate surface area is 134 Å². The zero-order chi connectivity index (χ0) is 16.3. The first-order valence-corrected chi connectivity index (χ1v) is 8.27. The number of piperazine rings is 1. The Morgan fingerprint density at radius 1 is 1.27 bits per heavy atom. The van der Waals surface area contributed by atoms with Gasteiger partial charge in [-0.2, -0.15) is 0 Å². The molecule has 0 spiro atoms. The van der Waals surface area contributed by atoms with Crippen LogP contribution in [-0.2, 0) is 0 Å². The molecule has 1 heterocycles. The molecule has 0 N–H and O–H groups in total. The molecule has 1 unspecified atom stereocenters. The van der Waals surface area contributed by atoms with E-state index in [2.05, 4.69) is 25.7 Å². The lowest BCUT2D eigenvalue weighted by Crippen LogP contribution is -2.56. The van der Waals surface area contributed by atoms with Gasteiger partial charge >= 0.3 is 0 Å². The number of para-hydroxylation sites is 1. The van der Waals surface area contributed by atoms with E-state index in [-0.39, 0.29) is 5.91 Å². The van der Waals surface area contributed by atoms with Gasteiger partial charge in [-0.3, -0.25) is 9.69 Å². The highest BCUT2D eigenvalue weighted by atomic mass is 16.2. The van der Waals surface area contributed by atoms with Crippen molar-refractivity contribution in [3.63, 3.8) is 0 Å². The van der Waals surface area contributed by atoms with Gasteiger partial charge < -0.3 is 9.80 Å². The zero-order valence-corrected chi connectivity index (χ0v) is 14.5. The minimum Gasteiger partial charge on any atom is -0.377 e. The van der Waals surface area contributed by atoms with E-state index in [1.54, 1.807) is 0 Å². The second-order valence-electron chi connectivity index (χ2n) is 6.56. The minimum absolute atomic E-state index is 0.158. The molecule has 1 aromatic carbocycles. The molecule has 22 heavy (non-hydrogen) atoms. The number of hydrogen-bond donors (Lipinski definition) is 0. The van der Waals surface area contributed by atoms with Gasteiger partial charge in [-0.05, 0) is 32.4 Å². The van der Waals surface area contributed by atoms with Crippen LogP contribution in [-0.4, -0.2) is 61.5 Å². The average molecular weight is 303 g/mol. The van der Waals surface area contributed by atoms with Gasteiger partial charge in [-0.15, -0.1) is 0 Å². The maximum Gasteiger partial charge on any atom is 0.256 e. The molecule has 1 atom stereocenters. The third-order valence-corrected chi connectivity index (χ3v) is 4.57. The van der Waals surface area contributed by atoms with Crippen molar-refractivity contribution in [2.75, 3.05) is 38.6 Å². The molecule has 4 heteroatoms. The Balaban J connectivity index is 2.18. The first-order valence-electron chi connectivity index (χ1n) is 8.27. The molecule has 0 radical (unpaired) electrons. The predicted octanol–water partition coefficient (Wildman–Crippen LogP) is 2.70. The van der Waals surface area contributed by atoms with Crippen molar-refractivity contribution in [3.8, 4) is 0 Å². The lowest BCUT2D eigenvalue weighted by Gasteiger charge is -2.43. The molecule has 4 nitrogen and oxygen atoms in total. The topological polar surface area (TPSA) is 26.8 Å². The molecule has 1 amide bonds. The maximum absolute atomic E-state index is 12.9. The smallest absolute Gasteiger partial charge is 0.256 e. The van der Waals surface area contributed by atoms with Crippen molar-refractivity contribution >= 4 is 11.6 Å². The van der Waals surface area contributed by atoms with Crippen molar-refractivity contribution < 1.29 is 4.79 Å². The van der Waals surface area contributed by atoms with Gasteiger partial charge in [0.2, 0.25) is 0 Å². The monoisotopic (exact) mass is 303 g/mol. The summed E-state index contributed by atoms with van der Waals surface area (Å²) in [4.78, 5) is 19.5. The standard InChI is InChI=1S/C18H29N3O/c1-6-15-13-20(11-12-21(15)14(2)3)18(22)16-9-7-8-10-17(16)19(4)5/h7-10,14-15H,6,11-13H2,1-5H3. The summed E-state index contributed by atoms with van der Waals surface area (Å²) in [5.74, 6) is 0.158. The number of anilines is 1. The molecule has 1 saturated heterocycles. The highest BCUT2D eigenvalue weighted by molar-refractivity contribution is 5.99. The van der Waals surface area contributed by atoms with Crippen LogP contribution in [0.25, 0.3) is 0 Å². The summed E-state index contributed by atoms with van der Waals surface area (Å²) in [6, 6.07) is 8.88. The van der Waals surface area contributed by atoms with Crippen LogP contribution in [0.1, 0.15) is 37.6 Å². The molecule has 0 saturated carbocycles. The second-order valence-corrected chi connectivity index (χ2v) is 6.56. The van der Waals surface area contributed by atoms with Crippen LogP contribution in [0, 0.1) is 0 Å². The third-order valence-electron chi connectivity index (χ3n) is 4.57.